The Morgan fingerprint density at radius 2 is 1.48 bits per heavy atom. The summed E-state index contributed by atoms with van der Waals surface area (Å²) >= 11 is 0. The molecule has 0 fully saturated rings. The second-order valence-electron chi connectivity index (χ2n) is 10.6. The van der Waals surface area contributed by atoms with Gasteiger partial charge in [0, 0.05) is 13.1 Å². The lowest BCUT2D eigenvalue weighted by atomic mass is 10.1. The van der Waals surface area contributed by atoms with E-state index in [0.717, 1.165) is 39.4 Å². The van der Waals surface area contributed by atoms with Crippen molar-refractivity contribution in [2.45, 2.75) is 71.4 Å². The van der Waals surface area contributed by atoms with Crippen molar-refractivity contribution in [2.24, 2.45) is 0 Å². The second kappa shape index (κ2) is 14.9. The van der Waals surface area contributed by atoms with Crippen LogP contribution in [0.5, 0.6) is 5.75 Å². The van der Waals surface area contributed by atoms with Crippen LogP contribution < -0.4 is 14.4 Å². The molecular weight excluding hydrogens is 550 g/mol. The van der Waals surface area contributed by atoms with Crippen LogP contribution in [0.3, 0.4) is 0 Å². The maximum Gasteiger partial charge on any atom is 0.264 e. The summed E-state index contributed by atoms with van der Waals surface area (Å²) < 4.78 is 34.9. The van der Waals surface area contributed by atoms with Crippen LogP contribution in [0.25, 0.3) is 0 Å². The molecule has 0 aliphatic carbocycles. The van der Waals surface area contributed by atoms with Gasteiger partial charge in [0.25, 0.3) is 10.0 Å². The summed E-state index contributed by atoms with van der Waals surface area (Å²) in [6.45, 7) is 9.74. The van der Waals surface area contributed by atoms with Crippen LogP contribution in [0, 0.1) is 20.8 Å². The van der Waals surface area contributed by atoms with E-state index >= 15 is 0 Å². The molecule has 0 saturated carbocycles. The summed E-state index contributed by atoms with van der Waals surface area (Å²) in [5.41, 5.74) is 3.88. The molecule has 8 nitrogen and oxygen atoms in total. The fourth-order valence-corrected chi connectivity index (χ4v) is 6.08. The smallest absolute Gasteiger partial charge is 0.264 e. The number of sulfonamides is 1. The number of rotatable bonds is 14. The molecule has 42 heavy (non-hydrogen) atoms. The highest BCUT2D eigenvalue weighted by atomic mass is 32.2. The van der Waals surface area contributed by atoms with Crippen molar-refractivity contribution in [1.29, 1.82) is 0 Å². The Morgan fingerprint density at radius 3 is 2.05 bits per heavy atom. The minimum atomic E-state index is -4.19. The number of nitrogens with one attached hydrogen (secondary N) is 1. The number of nitrogens with zero attached hydrogens (tertiary/aromatic N) is 2. The molecule has 3 aromatic carbocycles. The van der Waals surface area contributed by atoms with Crippen molar-refractivity contribution in [3.63, 3.8) is 0 Å². The minimum Gasteiger partial charge on any atom is -0.495 e. The number of carbonyl (C=O) groups excluding carboxylic acids is 2. The van der Waals surface area contributed by atoms with E-state index in [2.05, 4.69) is 5.32 Å². The van der Waals surface area contributed by atoms with Gasteiger partial charge >= 0.3 is 0 Å². The SMILES string of the molecule is CCCCNC(=O)C(CC)N(Cc1ccc(C)cc1)C(=O)CN(c1cc(C)ccc1OC)S(=O)(=O)c1ccc(C)cc1. The van der Waals surface area contributed by atoms with Crippen molar-refractivity contribution in [3.05, 3.63) is 89.0 Å². The van der Waals surface area contributed by atoms with Crippen molar-refractivity contribution in [2.75, 3.05) is 24.5 Å². The first-order valence-electron chi connectivity index (χ1n) is 14.4. The normalized spacial score (nSPS) is 12.0. The highest BCUT2D eigenvalue weighted by Gasteiger charge is 2.34. The van der Waals surface area contributed by atoms with Gasteiger partial charge in [-0.05, 0) is 69.0 Å². The number of carbonyl (C=O) groups is 2. The molecule has 0 aromatic heterocycles. The van der Waals surface area contributed by atoms with Gasteiger partial charge in [-0.1, -0.05) is 73.9 Å². The zero-order valence-corrected chi connectivity index (χ0v) is 26.3. The van der Waals surface area contributed by atoms with Gasteiger partial charge in [0.2, 0.25) is 11.8 Å². The largest absolute Gasteiger partial charge is 0.495 e. The average Bonchev–Trinajstić information content (AvgIpc) is 2.97. The third-order valence-electron chi connectivity index (χ3n) is 7.18. The molecule has 0 heterocycles. The molecule has 0 bridgehead atoms. The maximum atomic E-state index is 14.2. The molecular formula is C33H43N3O5S. The molecule has 3 rings (SSSR count). The zero-order chi connectivity index (χ0) is 30.9. The Hall–Kier alpha value is -3.85. The highest BCUT2D eigenvalue weighted by molar-refractivity contribution is 7.92. The summed E-state index contributed by atoms with van der Waals surface area (Å²) in [4.78, 5) is 29.1. The summed E-state index contributed by atoms with van der Waals surface area (Å²) in [5, 5.41) is 2.95. The van der Waals surface area contributed by atoms with Crippen LogP contribution >= 0.6 is 0 Å². The van der Waals surface area contributed by atoms with Crippen LogP contribution in [-0.2, 0) is 26.2 Å². The molecule has 0 radical (unpaired) electrons. The first kappa shape index (κ1) is 32.7. The van der Waals surface area contributed by atoms with E-state index < -0.39 is 28.5 Å². The van der Waals surface area contributed by atoms with E-state index in [9.17, 15) is 18.0 Å². The van der Waals surface area contributed by atoms with Gasteiger partial charge in [0.1, 0.15) is 18.3 Å². The van der Waals surface area contributed by atoms with Crippen molar-refractivity contribution in [1.82, 2.24) is 10.2 Å². The number of amides is 2. The minimum absolute atomic E-state index is 0.0545. The Bertz CT molecular complexity index is 1450. The summed E-state index contributed by atoms with van der Waals surface area (Å²) in [7, 11) is -2.73. The molecule has 9 heteroatoms. The molecule has 2 amide bonds. The zero-order valence-electron chi connectivity index (χ0n) is 25.5. The number of hydrogen-bond donors (Lipinski definition) is 1. The van der Waals surface area contributed by atoms with E-state index in [0.29, 0.717) is 18.7 Å². The summed E-state index contributed by atoms with van der Waals surface area (Å²) in [6, 6.07) is 18.7. The number of benzene rings is 3. The molecule has 0 spiro atoms. The predicted octanol–water partition coefficient (Wildman–Crippen LogP) is 5.54. The summed E-state index contributed by atoms with van der Waals surface area (Å²) in [5.74, 6) is -0.432. The Balaban J connectivity index is 2.10. The molecule has 3 aromatic rings. The van der Waals surface area contributed by atoms with Crippen LogP contribution in [0.2, 0.25) is 0 Å². The molecule has 226 valence electrons. The fraction of sp³-hybridized carbons (Fsp3) is 0.394. The van der Waals surface area contributed by atoms with Gasteiger partial charge in [-0.15, -0.1) is 0 Å². The van der Waals surface area contributed by atoms with E-state index in [4.69, 9.17) is 4.74 Å². The average molecular weight is 594 g/mol. The van der Waals surface area contributed by atoms with Crippen LogP contribution in [0.1, 0.15) is 55.4 Å². The number of ether oxygens (including phenoxy) is 1. The highest BCUT2D eigenvalue weighted by Crippen LogP contribution is 2.34. The molecule has 1 atom stereocenters. The van der Waals surface area contributed by atoms with Gasteiger partial charge < -0.3 is 15.0 Å². The summed E-state index contributed by atoms with van der Waals surface area (Å²) in [6.07, 6.45) is 2.12. The van der Waals surface area contributed by atoms with Crippen molar-refractivity contribution < 1.29 is 22.7 Å². The van der Waals surface area contributed by atoms with E-state index in [-0.39, 0.29) is 23.0 Å². The van der Waals surface area contributed by atoms with Crippen molar-refractivity contribution in [3.8, 4) is 5.75 Å². The third-order valence-corrected chi connectivity index (χ3v) is 8.95. The number of aryl methyl sites for hydroxylation is 3. The first-order valence-corrected chi connectivity index (χ1v) is 15.8. The molecule has 1 N–H and O–H groups in total. The Kier molecular flexibility index (Phi) is 11.6. The molecule has 0 aliphatic heterocycles. The lowest BCUT2D eigenvalue weighted by Crippen LogP contribution is -2.52. The standard InChI is InChI=1S/C33H43N3O5S/c1-7-9-20-34-33(38)29(8-2)35(22-27-15-10-24(3)11-16-27)32(37)23-36(30-21-26(5)14-19-31(30)41-6)42(39,40)28-17-12-25(4)13-18-28/h10-19,21,29H,7-9,20,22-23H2,1-6H3,(H,34,38). The van der Waals surface area contributed by atoms with E-state index in [1.165, 1.54) is 24.1 Å². The van der Waals surface area contributed by atoms with Gasteiger partial charge in [-0.3, -0.25) is 13.9 Å². The third kappa shape index (κ3) is 8.12. The predicted molar refractivity (Wildman–Crippen MR) is 167 cm³/mol. The molecule has 0 saturated heterocycles. The lowest BCUT2D eigenvalue weighted by molar-refractivity contribution is -0.140. The Labute approximate surface area is 250 Å². The van der Waals surface area contributed by atoms with E-state index in [1.54, 1.807) is 24.3 Å². The monoisotopic (exact) mass is 593 g/mol. The van der Waals surface area contributed by atoms with E-state index in [1.807, 2.05) is 65.0 Å². The topological polar surface area (TPSA) is 96.0 Å². The molecule has 1 unspecified atom stereocenters. The number of hydrogen-bond acceptors (Lipinski definition) is 5. The number of anilines is 1. The molecule has 0 aliphatic rings. The second-order valence-corrected chi connectivity index (χ2v) is 12.4. The first-order chi connectivity index (χ1) is 20.0. The number of unbranched alkanes of at least 4 members (excludes halogenated alkanes) is 1. The van der Waals surface area contributed by atoms with Crippen LogP contribution in [-0.4, -0.2) is 51.4 Å². The van der Waals surface area contributed by atoms with Gasteiger partial charge in [0.05, 0.1) is 17.7 Å². The number of methoxy groups -OCH3 is 1. The van der Waals surface area contributed by atoms with Gasteiger partial charge in [-0.25, -0.2) is 8.42 Å². The van der Waals surface area contributed by atoms with Crippen LogP contribution in [0.15, 0.2) is 71.6 Å². The van der Waals surface area contributed by atoms with Crippen molar-refractivity contribution >= 4 is 27.5 Å². The van der Waals surface area contributed by atoms with Crippen LogP contribution in [0.4, 0.5) is 5.69 Å². The lowest BCUT2D eigenvalue weighted by Gasteiger charge is -2.33. The van der Waals surface area contributed by atoms with Gasteiger partial charge in [-0.2, -0.15) is 0 Å². The quantitative estimate of drug-likeness (QED) is 0.248. The Morgan fingerprint density at radius 1 is 0.881 bits per heavy atom. The van der Waals surface area contributed by atoms with Gasteiger partial charge in [0.15, 0.2) is 0 Å². The maximum absolute atomic E-state index is 14.2. The fourth-order valence-electron chi connectivity index (χ4n) is 4.66.